The quantitative estimate of drug-likeness (QED) is 0.749. The van der Waals surface area contributed by atoms with Crippen molar-refractivity contribution in [2.75, 3.05) is 33.2 Å². The Hall–Kier alpha value is -1.30. The lowest BCUT2D eigenvalue weighted by atomic mass is 9.98. The number of hydrogen-bond donors (Lipinski definition) is 2. The second-order valence-corrected chi connectivity index (χ2v) is 6.24. The number of carboxylic acid groups (broad SMARTS) is 1. The van der Waals surface area contributed by atoms with Gasteiger partial charge in [-0.25, -0.2) is 4.79 Å². The summed E-state index contributed by atoms with van der Waals surface area (Å²) in [5, 5.41) is 11.7. The highest BCUT2D eigenvalue weighted by Crippen LogP contribution is 2.14. The lowest BCUT2D eigenvalue weighted by Crippen LogP contribution is -2.47. The molecule has 0 aromatic heterocycles. The van der Waals surface area contributed by atoms with E-state index in [1.807, 2.05) is 13.8 Å². The predicted molar refractivity (Wildman–Crippen MR) is 82.3 cm³/mol. The summed E-state index contributed by atoms with van der Waals surface area (Å²) in [6.07, 6.45) is 2.94. The van der Waals surface area contributed by atoms with Crippen molar-refractivity contribution in [1.82, 2.24) is 15.1 Å². The van der Waals surface area contributed by atoms with Crippen molar-refractivity contribution in [3.63, 3.8) is 0 Å². The van der Waals surface area contributed by atoms with Crippen LogP contribution in [0.3, 0.4) is 0 Å². The Morgan fingerprint density at radius 2 is 2.14 bits per heavy atom. The molecule has 1 aliphatic rings. The van der Waals surface area contributed by atoms with Gasteiger partial charge >= 0.3 is 12.0 Å². The Morgan fingerprint density at radius 3 is 2.71 bits per heavy atom. The van der Waals surface area contributed by atoms with Gasteiger partial charge in [-0.05, 0) is 52.6 Å². The maximum Gasteiger partial charge on any atom is 0.317 e. The number of carboxylic acids is 1. The average molecular weight is 299 g/mol. The second-order valence-electron chi connectivity index (χ2n) is 6.24. The smallest absolute Gasteiger partial charge is 0.317 e. The number of rotatable bonds is 7. The molecule has 0 bridgehead atoms. The molecular formula is C15H29N3O3. The van der Waals surface area contributed by atoms with E-state index in [4.69, 9.17) is 5.11 Å². The molecule has 1 heterocycles. The van der Waals surface area contributed by atoms with Gasteiger partial charge in [0.15, 0.2) is 0 Å². The van der Waals surface area contributed by atoms with Gasteiger partial charge in [0, 0.05) is 32.1 Å². The molecule has 0 spiro atoms. The normalized spacial score (nSPS) is 19.5. The SMILES string of the molecule is CC(C)N(CCCC(=O)O)C(=O)NCC1CCCN(C)C1. The molecule has 0 aromatic carbocycles. The van der Waals surface area contributed by atoms with Crippen molar-refractivity contribution in [2.24, 2.45) is 5.92 Å². The van der Waals surface area contributed by atoms with Crippen molar-refractivity contribution in [3.8, 4) is 0 Å². The number of urea groups is 1. The minimum atomic E-state index is -0.815. The third-order valence-electron chi connectivity index (χ3n) is 3.94. The summed E-state index contributed by atoms with van der Waals surface area (Å²) < 4.78 is 0. The molecule has 122 valence electrons. The van der Waals surface area contributed by atoms with Gasteiger partial charge in [0.25, 0.3) is 0 Å². The molecule has 2 N–H and O–H groups in total. The predicted octanol–water partition coefficient (Wildman–Crippen LogP) is 1.61. The maximum atomic E-state index is 12.2. The van der Waals surface area contributed by atoms with Gasteiger partial charge in [0.1, 0.15) is 0 Å². The highest BCUT2D eigenvalue weighted by molar-refractivity contribution is 5.74. The van der Waals surface area contributed by atoms with Gasteiger partial charge in [-0.1, -0.05) is 0 Å². The molecule has 1 aliphatic heterocycles. The van der Waals surface area contributed by atoms with Crippen molar-refractivity contribution in [2.45, 2.75) is 45.6 Å². The summed E-state index contributed by atoms with van der Waals surface area (Å²) in [4.78, 5) is 26.8. The maximum absolute atomic E-state index is 12.2. The van der Waals surface area contributed by atoms with Crippen LogP contribution in [0, 0.1) is 5.92 Å². The number of carbonyl (C=O) groups is 2. The van der Waals surface area contributed by atoms with E-state index >= 15 is 0 Å². The summed E-state index contributed by atoms with van der Waals surface area (Å²) in [6.45, 7) is 7.26. The van der Waals surface area contributed by atoms with Gasteiger partial charge in [-0.2, -0.15) is 0 Å². The third kappa shape index (κ3) is 6.80. The summed E-state index contributed by atoms with van der Waals surface area (Å²) >= 11 is 0. The number of nitrogens with one attached hydrogen (secondary N) is 1. The number of likely N-dealkylation sites (tertiary alicyclic amines) is 1. The minimum Gasteiger partial charge on any atom is -0.481 e. The van der Waals surface area contributed by atoms with Crippen LogP contribution in [-0.4, -0.2) is 66.2 Å². The highest BCUT2D eigenvalue weighted by Gasteiger charge is 2.21. The molecule has 1 unspecified atom stereocenters. The van der Waals surface area contributed by atoms with E-state index in [0.717, 1.165) is 19.5 Å². The topological polar surface area (TPSA) is 72.9 Å². The fourth-order valence-corrected chi connectivity index (χ4v) is 2.77. The molecular weight excluding hydrogens is 270 g/mol. The Kier molecular flexibility index (Phi) is 7.50. The third-order valence-corrected chi connectivity index (χ3v) is 3.94. The summed E-state index contributed by atoms with van der Waals surface area (Å²) in [7, 11) is 2.11. The number of amides is 2. The molecule has 1 rings (SSSR count). The van der Waals surface area contributed by atoms with E-state index in [0.29, 0.717) is 25.4 Å². The fourth-order valence-electron chi connectivity index (χ4n) is 2.77. The van der Waals surface area contributed by atoms with Crippen LogP contribution in [-0.2, 0) is 4.79 Å². The van der Waals surface area contributed by atoms with Gasteiger partial charge in [0.2, 0.25) is 0 Å². The first-order valence-electron chi connectivity index (χ1n) is 7.85. The minimum absolute atomic E-state index is 0.0767. The van der Waals surface area contributed by atoms with Crippen molar-refractivity contribution < 1.29 is 14.7 Å². The summed E-state index contributed by atoms with van der Waals surface area (Å²) in [5.41, 5.74) is 0. The van der Waals surface area contributed by atoms with Crippen molar-refractivity contribution in [3.05, 3.63) is 0 Å². The van der Waals surface area contributed by atoms with Crippen LogP contribution >= 0.6 is 0 Å². The molecule has 6 heteroatoms. The van der Waals surface area contributed by atoms with E-state index < -0.39 is 5.97 Å². The van der Waals surface area contributed by atoms with Crippen LogP contribution in [0.4, 0.5) is 4.79 Å². The lowest BCUT2D eigenvalue weighted by Gasteiger charge is -2.31. The van der Waals surface area contributed by atoms with Crippen LogP contribution in [0.15, 0.2) is 0 Å². The van der Waals surface area contributed by atoms with Crippen LogP contribution in [0.1, 0.15) is 39.5 Å². The molecule has 1 saturated heterocycles. The highest BCUT2D eigenvalue weighted by atomic mass is 16.4. The van der Waals surface area contributed by atoms with E-state index in [1.54, 1.807) is 4.90 Å². The van der Waals surface area contributed by atoms with E-state index in [2.05, 4.69) is 17.3 Å². The van der Waals surface area contributed by atoms with Crippen LogP contribution in [0.2, 0.25) is 0 Å². The number of carbonyl (C=O) groups excluding carboxylic acids is 1. The summed E-state index contributed by atoms with van der Waals surface area (Å²) in [6, 6.07) is -0.00330. The van der Waals surface area contributed by atoms with Crippen molar-refractivity contribution in [1.29, 1.82) is 0 Å². The van der Waals surface area contributed by atoms with Crippen molar-refractivity contribution >= 4 is 12.0 Å². The Bertz CT molecular complexity index is 347. The van der Waals surface area contributed by atoms with E-state index in [9.17, 15) is 9.59 Å². The van der Waals surface area contributed by atoms with E-state index in [1.165, 1.54) is 6.42 Å². The van der Waals surface area contributed by atoms with E-state index in [-0.39, 0.29) is 18.5 Å². The number of piperidine rings is 1. The van der Waals surface area contributed by atoms with Gasteiger partial charge in [0.05, 0.1) is 0 Å². The standard InChI is InChI=1S/C15H29N3O3/c1-12(2)18(9-5-7-14(19)20)15(21)16-10-13-6-4-8-17(3)11-13/h12-13H,4-11H2,1-3H3,(H,16,21)(H,19,20). The molecule has 2 amide bonds. The first-order chi connectivity index (χ1) is 9.90. The molecule has 6 nitrogen and oxygen atoms in total. The molecule has 0 saturated carbocycles. The first-order valence-corrected chi connectivity index (χ1v) is 7.85. The van der Waals surface area contributed by atoms with Crippen LogP contribution in [0.25, 0.3) is 0 Å². The zero-order chi connectivity index (χ0) is 15.8. The summed E-state index contributed by atoms with van der Waals surface area (Å²) in [5.74, 6) is -0.301. The zero-order valence-corrected chi connectivity index (χ0v) is 13.5. The Labute approximate surface area is 127 Å². The first kappa shape index (κ1) is 17.8. The Balaban J connectivity index is 2.36. The zero-order valence-electron chi connectivity index (χ0n) is 13.5. The fraction of sp³-hybridized carbons (Fsp3) is 0.867. The number of aliphatic carboxylic acids is 1. The monoisotopic (exact) mass is 299 g/mol. The second kappa shape index (κ2) is 8.87. The van der Waals surface area contributed by atoms with Gasteiger partial charge in [-0.15, -0.1) is 0 Å². The molecule has 0 aliphatic carbocycles. The lowest BCUT2D eigenvalue weighted by molar-refractivity contribution is -0.137. The number of hydrogen-bond acceptors (Lipinski definition) is 3. The van der Waals surface area contributed by atoms with Gasteiger partial charge < -0.3 is 20.2 Å². The molecule has 0 aromatic rings. The Morgan fingerprint density at radius 1 is 1.43 bits per heavy atom. The molecule has 21 heavy (non-hydrogen) atoms. The van der Waals surface area contributed by atoms with Crippen LogP contribution in [0.5, 0.6) is 0 Å². The largest absolute Gasteiger partial charge is 0.481 e. The molecule has 0 radical (unpaired) electrons. The van der Waals surface area contributed by atoms with Crippen LogP contribution < -0.4 is 5.32 Å². The van der Waals surface area contributed by atoms with Gasteiger partial charge in [-0.3, -0.25) is 4.79 Å². The molecule has 1 atom stereocenters. The number of nitrogens with zero attached hydrogens (tertiary/aromatic N) is 2. The average Bonchev–Trinajstić information content (AvgIpc) is 2.40. The molecule has 1 fully saturated rings.